The van der Waals surface area contributed by atoms with Crippen LogP contribution in [0.2, 0.25) is 0 Å². The van der Waals surface area contributed by atoms with E-state index in [0.29, 0.717) is 29.8 Å². The summed E-state index contributed by atoms with van der Waals surface area (Å²) in [5.41, 5.74) is 1.21. The number of carbonyl (C=O) groups excluding carboxylic acids is 2. The van der Waals surface area contributed by atoms with E-state index in [1.165, 1.54) is 6.08 Å². The van der Waals surface area contributed by atoms with Crippen LogP contribution in [0.3, 0.4) is 0 Å². The van der Waals surface area contributed by atoms with Gasteiger partial charge in [0.05, 0.1) is 4.47 Å². The molecular weight excluding hydrogens is 324 g/mol. The summed E-state index contributed by atoms with van der Waals surface area (Å²) in [5.74, 6) is -0.222. The standard InChI is InChI=1S/C13H17BrN4O2/c1-4-10(19)17-5-6-18(8(2)7-17)13(20)12-11(14)9(3)15-16-12/h4,8H,1,5-7H2,2-3H3,(H,15,16)/t8-/m0/s1. The van der Waals surface area contributed by atoms with Gasteiger partial charge in [-0.25, -0.2) is 0 Å². The number of hydrogen-bond acceptors (Lipinski definition) is 3. The molecule has 0 spiro atoms. The molecule has 0 unspecified atom stereocenters. The summed E-state index contributed by atoms with van der Waals surface area (Å²) in [5, 5.41) is 6.82. The smallest absolute Gasteiger partial charge is 0.275 e. The summed E-state index contributed by atoms with van der Waals surface area (Å²) in [6.07, 6.45) is 1.30. The molecule has 1 aromatic heterocycles. The Morgan fingerprint density at radius 3 is 2.70 bits per heavy atom. The Kier molecular flexibility index (Phi) is 4.27. The van der Waals surface area contributed by atoms with Crippen molar-refractivity contribution in [3.63, 3.8) is 0 Å². The summed E-state index contributed by atoms with van der Waals surface area (Å²) in [4.78, 5) is 27.5. The maximum Gasteiger partial charge on any atom is 0.275 e. The topological polar surface area (TPSA) is 69.3 Å². The molecule has 0 radical (unpaired) electrons. The highest BCUT2D eigenvalue weighted by atomic mass is 79.9. The number of aromatic nitrogens is 2. The van der Waals surface area contributed by atoms with Crippen LogP contribution in [-0.4, -0.2) is 57.5 Å². The third-order valence-corrected chi connectivity index (χ3v) is 4.42. The molecule has 2 heterocycles. The summed E-state index contributed by atoms with van der Waals surface area (Å²) >= 11 is 3.36. The number of halogens is 1. The Balaban J connectivity index is 2.11. The van der Waals surface area contributed by atoms with E-state index in [1.54, 1.807) is 9.80 Å². The molecule has 1 aromatic rings. The largest absolute Gasteiger partial charge is 0.335 e. The molecule has 0 aromatic carbocycles. The Hall–Kier alpha value is -1.63. The first-order chi connectivity index (χ1) is 9.45. The van der Waals surface area contributed by atoms with E-state index in [-0.39, 0.29) is 17.9 Å². The summed E-state index contributed by atoms with van der Waals surface area (Å²) < 4.78 is 0.694. The maximum atomic E-state index is 12.5. The number of hydrogen-bond donors (Lipinski definition) is 1. The van der Waals surface area contributed by atoms with Gasteiger partial charge in [-0.3, -0.25) is 14.7 Å². The van der Waals surface area contributed by atoms with E-state index in [9.17, 15) is 9.59 Å². The van der Waals surface area contributed by atoms with Gasteiger partial charge in [0.1, 0.15) is 0 Å². The van der Waals surface area contributed by atoms with Crippen molar-refractivity contribution in [3.05, 3.63) is 28.5 Å². The van der Waals surface area contributed by atoms with Crippen LogP contribution < -0.4 is 0 Å². The number of rotatable bonds is 2. The van der Waals surface area contributed by atoms with Gasteiger partial charge >= 0.3 is 0 Å². The number of carbonyl (C=O) groups is 2. The van der Waals surface area contributed by atoms with Crippen molar-refractivity contribution < 1.29 is 9.59 Å². The molecule has 7 heteroatoms. The highest BCUT2D eigenvalue weighted by Gasteiger charge is 2.31. The van der Waals surface area contributed by atoms with Crippen LogP contribution in [0.15, 0.2) is 17.1 Å². The van der Waals surface area contributed by atoms with E-state index in [4.69, 9.17) is 0 Å². The third kappa shape index (κ3) is 2.63. The average Bonchev–Trinajstić information content (AvgIpc) is 2.77. The van der Waals surface area contributed by atoms with Gasteiger partial charge in [0, 0.05) is 31.4 Å². The van der Waals surface area contributed by atoms with Gasteiger partial charge in [0.15, 0.2) is 5.69 Å². The minimum Gasteiger partial charge on any atom is -0.335 e. The summed E-state index contributed by atoms with van der Waals surface area (Å²) in [6.45, 7) is 8.78. The number of nitrogens with zero attached hydrogens (tertiary/aromatic N) is 3. The lowest BCUT2D eigenvalue weighted by Gasteiger charge is -2.39. The number of aromatic amines is 1. The quantitative estimate of drug-likeness (QED) is 0.826. The second kappa shape index (κ2) is 5.78. The van der Waals surface area contributed by atoms with Gasteiger partial charge in [0.2, 0.25) is 5.91 Å². The van der Waals surface area contributed by atoms with E-state index < -0.39 is 0 Å². The summed E-state index contributed by atoms with van der Waals surface area (Å²) in [6, 6.07) is -0.0518. The Bertz CT molecular complexity index is 555. The molecule has 1 fully saturated rings. The maximum absolute atomic E-state index is 12.5. The SMILES string of the molecule is C=CC(=O)N1CCN(C(=O)c2n[nH]c(C)c2Br)[C@@H](C)C1. The molecule has 20 heavy (non-hydrogen) atoms. The molecule has 0 aliphatic carbocycles. The van der Waals surface area contributed by atoms with Gasteiger partial charge in [-0.2, -0.15) is 5.10 Å². The number of amides is 2. The number of aryl methyl sites for hydroxylation is 1. The number of H-pyrrole nitrogens is 1. The van der Waals surface area contributed by atoms with Crippen LogP contribution in [0.4, 0.5) is 0 Å². The van der Waals surface area contributed by atoms with E-state index in [0.717, 1.165) is 5.69 Å². The van der Waals surface area contributed by atoms with E-state index >= 15 is 0 Å². The lowest BCUT2D eigenvalue weighted by atomic mass is 10.1. The zero-order valence-electron chi connectivity index (χ0n) is 11.5. The lowest BCUT2D eigenvalue weighted by Crippen LogP contribution is -2.55. The molecule has 2 rings (SSSR count). The molecule has 1 atom stereocenters. The van der Waals surface area contributed by atoms with Crippen molar-refractivity contribution in [1.82, 2.24) is 20.0 Å². The van der Waals surface area contributed by atoms with Crippen molar-refractivity contribution in [3.8, 4) is 0 Å². The second-order valence-corrected chi connectivity index (χ2v) is 5.64. The van der Waals surface area contributed by atoms with Crippen LogP contribution in [0.5, 0.6) is 0 Å². The fourth-order valence-electron chi connectivity index (χ4n) is 2.28. The zero-order valence-corrected chi connectivity index (χ0v) is 13.1. The highest BCUT2D eigenvalue weighted by Crippen LogP contribution is 2.21. The fraction of sp³-hybridized carbons (Fsp3) is 0.462. The van der Waals surface area contributed by atoms with Crippen molar-refractivity contribution in [2.75, 3.05) is 19.6 Å². The highest BCUT2D eigenvalue weighted by molar-refractivity contribution is 9.10. The minimum absolute atomic E-state index is 0.0518. The molecule has 1 saturated heterocycles. The number of nitrogens with one attached hydrogen (secondary N) is 1. The first-order valence-corrected chi connectivity index (χ1v) is 7.17. The van der Waals surface area contributed by atoms with Gasteiger partial charge < -0.3 is 9.80 Å². The van der Waals surface area contributed by atoms with Crippen LogP contribution in [0.1, 0.15) is 23.1 Å². The molecule has 1 aliphatic rings. The molecule has 1 N–H and O–H groups in total. The fourth-order valence-corrected chi connectivity index (χ4v) is 2.63. The second-order valence-electron chi connectivity index (χ2n) is 4.85. The Morgan fingerprint density at radius 2 is 2.20 bits per heavy atom. The van der Waals surface area contributed by atoms with E-state index in [1.807, 2.05) is 13.8 Å². The normalized spacial score (nSPS) is 19.1. The monoisotopic (exact) mass is 340 g/mol. The van der Waals surface area contributed by atoms with E-state index in [2.05, 4.69) is 32.7 Å². The molecular formula is C13H17BrN4O2. The van der Waals surface area contributed by atoms with Crippen molar-refractivity contribution in [1.29, 1.82) is 0 Å². The van der Waals surface area contributed by atoms with Gasteiger partial charge in [-0.15, -0.1) is 0 Å². The molecule has 1 aliphatic heterocycles. The molecule has 2 amide bonds. The minimum atomic E-state index is -0.126. The average molecular weight is 341 g/mol. The predicted molar refractivity (Wildman–Crippen MR) is 78.3 cm³/mol. The van der Waals surface area contributed by atoms with Gasteiger partial charge in [-0.05, 0) is 35.9 Å². The summed E-state index contributed by atoms with van der Waals surface area (Å²) in [7, 11) is 0. The van der Waals surface area contributed by atoms with Crippen molar-refractivity contribution >= 4 is 27.7 Å². The van der Waals surface area contributed by atoms with Crippen LogP contribution in [0, 0.1) is 6.92 Å². The third-order valence-electron chi connectivity index (χ3n) is 3.45. The first-order valence-electron chi connectivity index (χ1n) is 6.38. The van der Waals surface area contributed by atoms with Crippen LogP contribution in [-0.2, 0) is 4.79 Å². The predicted octanol–water partition coefficient (Wildman–Crippen LogP) is 1.34. The molecule has 108 valence electrons. The van der Waals surface area contributed by atoms with Gasteiger partial charge in [-0.1, -0.05) is 6.58 Å². The van der Waals surface area contributed by atoms with Crippen LogP contribution in [0.25, 0.3) is 0 Å². The van der Waals surface area contributed by atoms with Gasteiger partial charge in [0.25, 0.3) is 5.91 Å². The molecule has 6 nitrogen and oxygen atoms in total. The Labute approximate surface area is 125 Å². The zero-order chi connectivity index (χ0) is 14.9. The van der Waals surface area contributed by atoms with Crippen molar-refractivity contribution in [2.24, 2.45) is 0 Å². The lowest BCUT2D eigenvalue weighted by molar-refractivity contribution is -0.128. The van der Waals surface area contributed by atoms with Crippen molar-refractivity contribution in [2.45, 2.75) is 19.9 Å². The molecule has 0 saturated carbocycles. The molecule has 0 bridgehead atoms. The van der Waals surface area contributed by atoms with Crippen LogP contribution >= 0.6 is 15.9 Å². The number of piperazine rings is 1. The Morgan fingerprint density at radius 1 is 1.50 bits per heavy atom. The first kappa shape index (κ1) is 14.8.